The lowest BCUT2D eigenvalue weighted by atomic mass is 10.2. The maximum Gasteiger partial charge on any atom is 0.126 e. The Kier molecular flexibility index (Phi) is 1.17. The Morgan fingerprint density at radius 3 is 3.30 bits per heavy atom. The number of hydrogen-bond donors (Lipinski definition) is 1. The van der Waals surface area contributed by atoms with Gasteiger partial charge in [-0.3, -0.25) is 0 Å². The van der Waals surface area contributed by atoms with Crippen molar-refractivity contribution in [2.75, 3.05) is 0 Å². The molecule has 1 aromatic heterocycles. The molecule has 0 bridgehead atoms. The van der Waals surface area contributed by atoms with Crippen LogP contribution in [0.15, 0.2) is 29.9 Å². The van der Waals surface area contributed by atoms with Crippen LogP contribution in [0.3, 0.4) is 0 Å². The van der Waals surface area contributed by atoms with Gasteiger partial charge in [0.1, 0.15) is 5.03 Å². The second kappa shape index (κ2) is 2.02. The van der Waals surface area contributed by atoms with Gasteiger partial charge in [-0.2, -0.15) is 0 Å². The highest BCUT2D eigenvalue weighted by Crippen LogP contribution is 2.30. The highest BCUT2D eigenvalue weighted by atomic mass is 32.2. The van der Waals surface area contributed by atoms with Crippen molar-refractivity contribution < 1.29 is 0 Å². The lowest BCUT2D eigenvalue weighted by Crippen LogP contribution is -1.88. The van der Waals surface area contributed by atoms with E-state index in [4.69, 9.17) is 0 Å². The second-order valence-electron chi connectivity index (χ2n) is 2.04. The van der Waals surface area contributed by atoms with Gasteiger partial charge in [0.25, 0.3) is 0 Å². The first-order valence-corrected chi connectivity index (χ1v) is 3.77. The molecular weight excluding hydrogens is 144 g/mol. The van der Waals surface area contributed by atoms with Gasteiger partial charge in [-0.1, -0.05) is 6.58 Å². The third-order valence-electron chi connectivity index (χ3n) is 1.37. The van der Waals surface area contributed by atoms with Crippen LogP contribution >= 0.6 is 11.9 Å². The van der Waals surface area contributed by atoms with E-state index in [9.17, 15) is 0 Å². The molecule has 0 saturated carbocycles. The lowest BCUT2D eigenvalue weighted by Gasteiger charge is -1.91. The molecule has 0 saturated heterocycles. The third-order valence-corrected chi connectivity index (χ3v) is 2.23. The van der Waals surface area contributed by atoms with Gasteiger partial charge in [0.15, 0.2) is 0 Å². The molecule has 0 radical (unpaired) electrons. The van der Waals surface area contributed by atoms with Crippen molar-refractivity contribution >= 4 is 17.6 Å². The number of aromatic nitrogens is 1. The fraction of sp³-hybridized carbons (Fsp3) is 0. The zero-order valence-corrected chi connectivity index (χ0v) is 6.11. The normalized spacial score (nSPS) is 14.6. The minimum atomic E-state index is 0.952. The van der Waals surface area contributed by atoms with E-state index >= 15 is 0 Å². The van der Waals surface area contributed by atoms with Gasteiger partial charge in [-0.15, -0.1) is 0 Å². The predicted octanol–water partition coefficient (Wildman–Crippen LogP) is 1.66. The van der Waals surface area contributed by atoms with E-state index in [-0.39, 0.29) is 0 Å². The van der Waals surface area contributed by atoms with Gasteiger partial charge in [0, 0.05) is 29.4 Å². The molecule has 0 spiro atoms. The summed E-state index contributed by atoms with van der Waals surface area (Å²) in [7, 11) is 0. The molecule has 1 aliphatic heterocycles. The minimum Gasteiger partial charge on any atom is -0.324 e. The maximum atomic E-state index is 4.15. The first-order valence-electron chi connectivity index (χ1n) is 2.95. The molecule has 0 atom stereocenters. The molecule has 0 unspecified atom stereocenters. The van der Waals surface area contributed by atoms with E-state index in [1.807, 2.05) is 12.1 Å². The van der Waals surface area contributed by atoms with E-state index in [1.165, 1.54) is 11.9 Å². The first-order chi connectivity index (χ1) is 4.88. The topological polar surface area (TPSA) is 24.9 Å². The van der Waals surface area contributed by atoms with E-state index in [2.05, 4.69) is 16.3 Å². The maximum absolute atomic E-state index is 4.15. The van der Waals surface area contributed by atoms with Crippen LogP contribution in [0.5, 0.6) is 0 Å². The fourth-order valence-corrected chi connectivity index (χ4v) is 1.61. The first kappa shape index (κ1) is 5.80. The summed E-state index contributed by atoms with van der Waals surface area (Å²) in [5.41, 5.74) is 2.07. The van der Waals surface area contributed by atoms with E-state index < -0.39 is 0 Å². The van der Waals surface area contributed by atoms with Crippen LogP contribution in [0.4, 0.5) is 0 Å². The molecule has 2 heterocycles. The number of pyridine rings is 1. The molecule has 3 heteroatoms. The van der Waals surface area contributed by atoms with Crippen LogP contribution in [0.2, 0.25) is 0 Å². The zero-order valence-electron chi connectivity index (χ0n) is 5.29. The number of nitrogens with zero attached hydrogens (tertiary/aromatic N) is 1. The quantitative estimate of drug-likeness (QED) is 0.569. The van der Waals surface area contributed by atoms with Crippen molar-refractivity contribution in [1.82, 2.24) is 9.71 Å². The summed E-state index contributed by atoms with van der Waals surface area (Å²) in [5, 5.41) is 1.02. The number of nitrogens with one attached hydrogen (secondary N) is 1. The Balaban J connectivity index is 2.61. The SMILES string of the molecule is C=C1NSc2ncccc21. The van der Waals surface area contributed by atoms with Crippen LogP contribution in [-0.4, -0.2) is 4.98 Å². The Labute approximate surface area is 63.5 Å². The summed E-state index contributed by atoms with van der Waals surface area (Å²) in [5.74, 6) is 0. The highest BCUT2D eigenvalue weighted by Gasteiger charge is 2.14. The van der Waals surface area contributed by atoms with E-state index in [1.54, 1.807) is 6.20 Å². The lowest BCUT2D eigenvalue weighted by molar-refractivity contribution is 1.13. The summed E-state index contributed by atoms with van der Waals surface area (Å²) in [6.45, 7) is 3.82. The minimum absolute atomic E-state index is 0.952. The molecule has 0 aliphatic carbocycles. The van der Waals surface area contributed by atoms with Gasteiger partial charge >= 0.3 is 0 Å². The van der Waals surface area contributed by atoms with Crippen molar-refractivity contribution in [3.63, 3.8) is 0 Å². The summed E-state index contributed by atoms with van der Waals surface area (Å²) in [4.78, 5) is 4.15. The van der Waals surface area contributed by atoms with Gasteiger partial charge in [-0.25, -0.2) is 4.98 Å². The van der Waals surface area contributed by atoms with Crippen molar-refractivity contribution in [1.29, 1.82) is 0 Å². The smallest absolute Gasteiger partial charge is 0.126 e. The highest BCUT2D eigenvalue weighted by molar-refractivity contribution is 7.98. The Bertz CT molecular complexity index is 283. The zero-order chi connectivity index (χ0) is 6.97. The molecule has 2 nitrogen and oxygen atoms in total. The van der Waals surface area contributed by atoms with E-state index in [0.717, 1.165) is 16.3 Å². The molecule has 2 rings (SSSR count). The van der Waals surface area contributed by atoms with Gasteiger partial charge in [0.2, 0.25) is 0 Å². The Morgan fingerprint density at radius 1 is 1.60 bits per heavy atom. The monoisotopic (exact) mass is 150 g/mol. The van der Waals surface area contributed by atoms with Gasteiger partial charge < -0.3 is 4.72 Å². The standard InChI is InChI=1S/C7H6N2S/c1-5-6-3-2-4-8-7(6)10-9-5/h2-4,9H,1H2. The second-order valence-corrected chi connectivity index (χ2v) is 2.83. The van der Waals surface area contributed by atoms with Crippen molar-refractivity contribution in [2.45, 2.75) is 5.03 Å². The molecule has 0 amide bonds. The van der Waals surface area contributed by atoms with Crippen LogP contribution in [0, 0.1) is 0 Å². The average Bonchev–Trinajstić information content (AvgIpc) is 2.34. The third kappa shape index (κ3) is 0.708. The Morgan fingerprint density at radius 2 is 2.50 bits per heavy atom. The Hall–Kier alpha value is -0.960. The summed E-state index contributed by atoms with van der Waals surface area (Å²) in [6, 6.07) is 3.93. The van der Waals surface area contributed by atoms with E-state index in [0.29, 0.717) is 0 Å². The number of fused-ring (bicyclic) bond motifs is 1. The summed E-state index contributed by atoms with van der Waals surface area (Å²) < 4.78 is 3.04. The summed E-state index contributed by atoms with van der Waals surface area (Å²) in [6.07, 6.45) is 1.78. The summed E-state index contributed by atoms with van der Waals surface area (Å²) >= 11 is 1.52. The largest absolute Gasteiger partial charge is 0.324 e. The van der Waals surface area contributed by atoms with Crippen LogP contribution in [-0.2, 0) is 0 Å². The molecule has 1 N–H and O–H groups in total. The number of hydrogen-bond acceptors (Lipinski definition) is 3. The molecule has 1 aromatic rings. The average molecular weight is 150 g/mol. The van der Waals surface area contributed by atoms with Gasteiger partial charge in [0.05, 0.1) is 0 Å². The number of rotatable bonds is 0. The van der Waals surface area contributed by atoms with Crippen molar-refractivity contribution in [2.24, 2.45) is 0 Å². The predicted molar refractivity (Wildman–Crippen MR) is 42.3 cm³/mol. The molecule has 0 fully saturated rings. The molecule has 0 aromatic carbocycles. The van der Waals surface area contributed by atoms with Crippen LogP contribution in [0.25, 0.3) is 5.70 Å². The van der Waals surface area contributed by atoms with Crippen LogP contribution in [0.1, 0.15) is 5.56 Å². The molecule has 10 heavy (non-hydrogen) atoms. The van der Waals surface area contributed by atoms with Crippen molar-refractivity contribution in [3.8, 4) is 0 Å². The van der Waals surface area contributed by atoms with Crippen LogP contribution < -0.4 is 4.72 Å². The fourth-order valence-electron chi connectivity index (χ4n) is 0.867. The van der Waals surface area contributed by atoms with Gasteiger partial charge in [-0.05, 0) is 12.1 Å². The molecule has 1 aliphatic rings. The molecular formula is C7H6N2S. The van der Waals surface area contributed by atoms with Crippen molar-refractivity contribution in [3.05, 3.63) is 30.5 Å². The molecule has 50 valence electrons.